The second-order valence-corrected chi connectivity index (χ2v) is 6.24. The number of nitrogens with zero attached hydrogens (tertiary/aromatic N) is 3. The van der Waals surface area contributed by atoms with Crippen LogP contribution < -0.4 is 4.90 Å². The number of aryl methyl sites for hydroxylation is 2. The molecule has 4 nitrogen and oxygen atoms in total. The summed E-state index contributed by atoms with van der Waals surface area (Å²) in [7, 11) is 2.17. The van der Waals surface area contributed by atoms with E-state index in [0.717, 1.165) is 37.0 Å². The van der Waals surface area contributed by atoms with Gasteiger partial charge in [-0.1, -0.05) is 18.2 Å². The number of rotatable bonds is 4. The van der Waals surface area contributed by atoms with Crippen molar-refractivity contribution in [3.63, 3.8) is 0 Å². The van der Waals surface area contributed by atoms with Crippen LogP contribution in [-0.2, 0) is 6.54 Å². The number of hydrogen-bond donors (Lipinski definition) is 0. The molecule has 1 aliphatic rings. The minimum absolute atomic E-state index is 0.543. The first kappa shape index (κ1) is 15.1. The first-order valence-electron chi connectivity index (χ1n) is 8.06. The molecule has 1 fully saturated rings. The molecule has 0 amide bonds. The predicted octanol–water partition coefficient (Wildman–Crippen LogP) is 3.39. The van der Waals surface area contributed by atoms with Crippen LogP contribution in [0, 0.1) is 13.8 Å². The summed E-state index contributed by atoms with van der Waals surface area (Å²) in [6, 6.07) is 11.2. The molecule has 2 aromatic rings. The summed E-state index contributed by atoms with van der Waals surface area (Å²) in [5.41, 5.74) is 2.32. The van der Waals surface area contributed by atoms with E-state index >= 15 is 0 Å². The van der Waals surface area contributed by atoms with Crippen LogP contribution in [0.3, 0.4) is 0 Å². The standard InChI is InChI=1S/C18H25N3O/c1-14-15(2)22-18(19-14)13-20(3)17-10-7-11-21(12-17)16-8-5-4-6-9-16/h4-6,8-9,17H,7,10-13H2,1-3H3/t17-/m1/s1. The van der Waals surface area contributed by atoms with E-state index in [9.17, 15) is 0 Å². The van der Waals surface area contributed by atoms with Crippen molar-refractivity contribution in [2.75, 3.05) is 25.0 Å². The molecule has 0 spiro atoms. The Balaban J connectivity index is 1.64. The highest BCUT2D eigenvalue weighted by Gasteiger charge is 2.24. The first-order chi connectivity index (χ1) is 10.6. The Bertz CT molecular complexity index is 589. The van der Waals surface area contributed by atoms with E-state index in [1.165, 1.54) is 18.5 Å². The minimum Gasteiger partial charge on any atom is -0.444 e. The summed E-state index contributed by atoms with van der Waals surface area (Å²) < 4.78 is 5.72. The van der Waals surface area contributed by atoms with Gasteiger partial charge in [-0.15, -0.1) is 0 Å². The van der Waals surface area contributed by atoms with Crippen molar-refractivity contribution in [3.8, 4) is 0 Å². The zero-order valence-electron chi connectivity index (χ0n) is 13.7. The maximum Gasteiger partial charge on any atom is 0.208 e. The average molecular weight is 299 g/mol. The number of anilines is 1. The fourth-order valence-corrected chi connectivity index (χ4v) is 3.14. The maximum absolute atomic E-state index is 5.72. The highest BCUT2D eigenvalue weighted by Crippen LogP contribution is 2.22. The van der Waals surface area contributed by atoms with E-state index in [1.807, 2.05) is 13.8 Å². The number of piperidine rings is 1. The van der Waals surface area contributed by atoms with Crippen molar-refractivity contribution in [3.05, 3.63) is 47.7 Å². The monoisotopic (exact) mass is 299 g/mol. The van der Waals surface area contributed by atoms with Crippen LogP contribution in [0.1, 0.15) is 30.2 Å². The Labute approximate surface area is 132 Å². The van der Waals surface area contributed by atoms with Crippen LogP contribution >= 0.6 is 0 Å². The van der Waals surface area contributed by atoms with E-state index < -0.39 is 0 Å². The third-order valence-electron chi connectivity index (χ3n) is 4.60. The van der Waals surface area contributed by atoms with Crippen molar-refractivity contribution in [2.45, 2.75) is 39.3 Å². The Morgan fingerprint density at radius 3 is 2.73 bits per heavy atom. The molecule has 3 rings (SSSR count). The molecule has 0 unspecified atom stereocenters. The largest absolute Gasteiger partial charge is 0.444 e. The summed E-state index contributed by atoms with van der Waals surface area (Å²) >= 11 is 0. The third kappa shape index (κ3) is 3.33. The van der Waals surface area contributed by atoms with Gasteiger partial charge in [0, 0.05) is 24.8 Å². The molecule has 2 heterocycles. The van der Waals surface area contributed by atoms with Gasteiger partial charge < -0.3 is 9.32 Å². The van der Waals surface area contributed by atoms with E-state index in [0.29, 0.717) is 6.04 Å². The number of likely N-dealkylation sites (N-methyl/N-ethyl adjacent to an activating group) is 1. The van der Waals surface area contributed by atoms with Crippen LogP contribution in [0.25, 0.3) is 0 Å². The minimum atomic E-state index is 0.543. The van der Waals surface area contributed by atoms with Crippen molar-refractivity contribution in [1.82, 2.24) is 9.88 Å². The van der Waals surface area contributed by atoms with E-state index in [1.54, 1.807) is 0 Å². The highest BCUT2D eigenvalue weighted by molar-refractivity contribution is 5.46. The number of hydrogen-bond acceptors (Lipinski definition) is 4. The lowest BCUT2D eigenvalue weighted by molar-refractivity contribution is 0.190. The van der Waals surface area contributed by atoms with E-state index in [-0.39, 0.29) is 0 Å². The SMILES string of the molecule is Cc1nc(CN(C)[C@@H]2CCCN(c3ccccc3)C2)oc1C. The van der Waals surface area contributed by atoms with E-state index in [4.69, 9.17) is 4.42 Å². The molecular weight excluding hydrogens is 274 g/mol. The lowest BCUT2D eigenvalue weighted by Gasteiger charge is -2.38. The van der Waals surface area contributed by atoms with Crippen molar-refractivity contribution in [2.24, 2.45) is 0 Å². The molecule has 1 aromatic heterocycles. The van der Waals surface area contributed by atoms with Gasteiger partial charge in [0.2, 0.25) is 5.89 Å². The van der Waals surface area contributed by atoms with Crippen molar-refractivity contribution >= 4 is 5.69 Å². The smallest absolute Gasteiger partial charge is 0.208 e. The van der Waals surface area contributed by atoms with Gasteiger partial charge in [-0.3, -0.25) is 4.90 Å². The summed E-state index contributed by atoms with van der Waals surface area (Å²) in [4.78, 5) is 9.36. The summed E-state index contributed by atoms with van der Waals surface area (Å²) in [6.07, 6.45) is 2.46. The average Bonchev–Trinajstić information content (AvgIpc) is 2.86. The van der Waals surface area contributed by atoms with Gasteiger partial charge in [-0.25, -0.2) is 4.98 Å². The predicted molar refractivity (Wildman–Crippen MR) is 89.1 cm³/mol. The van der Waals surface area contributed by atoms with Crippen molar-refractivity contribution < 1.29 is 4.42 Å². The van der Waals surface area contributed by atoms with Gasteiger partial charge in [0.25, 0.3) is 0 Å². The second-order valence-electron chi connectivity index (χ2n) is 6.24. The number of para-hydroxylation sites is 1. The van der Waals surface area contributed by atoms with Gasteiger partial charge in [0.1, 0.15) is 5.76 Å². The lowest BCUT2D eigenvalue weighted by atomic mass is 10.0. The van der Waals surface area contributed by atoms with Gasteiger partial charge in [-0.2, -0.15) is 0 Å². The fraction of sp³-hybridized carbons (Fsp3) is 0.500. The zero-order valence-corrected chi connectivity index (χ0v) is 13.7. The number of aromatic nitrogens is 1. The van der Waals surface area contributed by atoms with E-state index in [2.05, 4.69) is 52.2 Å². The molecule has 1 saturated heterocycles. The van der Waals surface area contributed by atoms with Gasteiger partial charge in [0.05, 0.1) is 12.2 Å². The Morgan fingerprint density at radius 2 is 2.05 bits per heavy atom. The van der Waals surface area contributed by atoms with Crippen LogP contribution in [-0.4, -0.2) is 36.1 Å². The van der Waals surface area contributed by atoms with Crippen LogP contribution in [0.15, 0.2) is 34.7 Å². The molecule has 0 aliphatic carbocycles. The van der Waals surface area contributed by atoms with Crippen molar-refractivity contribution in [1.29, 1.82) is 0 Å². The molecule has 1 aromatic carbocycles. The maximum atomic E-state index is 5.72. The molecular formula is C18H25N3O. The molecule has 0 N–H and O–H groups in total. The lowest BCUT2D eigenvalue weighted by Crippen LogP contribution is -2.46. The molecule has 0 radical (unpaired) electrons. The summed E-state index contributed by atoms with van der Waals surface area (Å²) in [6.45, 7) is 6.97. The van der Waals surface area contributed by atoms with Crippen LogP contribution in [0.5, 0.6) is 0 Å². The van der Waals surface area contributed by atoms with Crippen LogP contribution in [0.4, 0.5) is 5.69 Å². The Hall–Kier alpha value is -1.81. The quantitative estimate of drug-likeness (QED) is 0.866. The Kier molecular flexibility index (Phi) is 4.48. The highest BCUT2D eigenvalue weighted by atomic mass is 16.4. The molecule has 22 heavy (non-hydrogen) atoms. The summed E-state index contributed by atoms with van der Waals surface area (Å²) in [5.74, 6) is 1.76. The van der Waals surface area contributed by atoms with Gasteiger partial charge in [0.15, 0.2) is 0 Å². The molecule has 0 saturated carbocycles. The topological polar surface area (TPSA) is 32.5 Å². The molecule has 0 bridgehead atoms. The van der Waals surface area contributed by atoms with Crippen LogP contribution in [0.2, 0.25) is 0 Å². The van der Waals surface area contributed by atoms with Gasteiger partial charge >= 0.3 is 0 Å². The number of oxazole rings is 1. The fourth-order valence-electron chi connectivity index (χ4n) is 3.14. The van der Waals surface area contributed by atoms with Gasteiger partial charge in [-0.05, 0) is 45.9 Å². The molecule has 1 atom stereocenters. The first-order valence-corrected chi connectivity index (χ1v) is 8.06. The molecule has 1 aliphatic heterocycles. The normalized spacial score (nSPS) is 18.9. The zero-order chi connectivity index (χ0) is 15.5. The number of benzene rings is 1. The third-order valence-corrected chi connectivity index (χ3v) is 4.60. The molecule has 4 heteroatoms. The second kappa shape index (κ2) is 6.53. The summed E-state index contributed by atoms with van der Waals surface area (Å²) in [5, 5.41) is 0. The molecule has 118 valence electrons. The Morgan fingerprint density at radius 1 is 1.27 bits per heavy atom.